The van der Waals surface area contributed by atoms with Gasteiger partial charge in [0.1, 0.15) is 11.6 Å². The van der Waals surface area contributed by atoms with Crippen LogP contribution in [0.25, 0.3) is 11.1 Å². The number of aliphatic hydroxyl groups excluding tert-OH is 1. The molecule has 0 fully saturated rings. The van der Waals surface area contributed by atoms with Gasteiger partial charge in [0, 0.05) is 36.3 Å². The summed E-state index contributed by atoms with van der Waals surface area (Å²) in [6.07, 6.45) is 4.22. The van der Waals surface area contributed by atoms with Crippen molar-refractivity contribution in [1.82, 2.24) is 9.97 Å². The van der Waals surface area contributed by atoms with Gasteiger partial charge in [-0.15, -0.1) is 0 Å². The van der Waals surface area contributed by atoms with E-state index in [0.29, 0.717) is 18.0 Å². The fourth-order valence-corrected chi connectivity index (χ4v) is 2.59. The van der Waals surface area contributed by atoms with Gasteiger partial charge < -0.3 is 15.7 Å². The molecule has 0 radical (unpaired) electrons. The highest BCUT2D eigenvalue weighted by atomic mass is 35.5. The van der Waals surface area contributed by atoms with Gasteiger partial charge in [0.2, 0.25) is 0 Å². The zero-order chi connectivity index (χ0) is 17.5. The molecule has 0 unspecified atom stereocenters. The molecule has 25 heavy (non-hydrogen) atoms. The van der Waals surface area contributed by atoms with Gasteiger partial charge in [-0.25, -0.2) is 9.97 Å². The molecule has 0 aliphatic rings. The van der Waals surface area contributed by atoms with Gasteiger partial charge in [-0.2, -0.15) is 0 Å². The van der Waals surface area contributed by atoms with Crippen molar-refractivity contribution in [3.05, 3.63) is 65.9 Å². The molecule has 2 heterocycles. The minimum Gasteiger partial charge on any atom is -0.396 e. The van der Waals surface area contributed by atoms with Gasteiger partial charge >= 0.3 is 0 Å². The summed E-state index contributed by atoms with van der Waals surface area (Å²) in [6, 6.07) is 15.4. The molecule has 0 amide bonds. The van der Waals surface area contributed by atoms with Crippen LogP contribution in [0.1, 0.15) is 6.42 Å². The number of halogens is 1. The molecule has 0 bridgehead atoms. The lowest BCUT2D eigenvalue weighted by atomic mass is 10.1. The summed E-state index contributed by atoms with van der Waals surface area (Å²) < 4.78 is 0. The Hall–Kier alpha value is -2.63. The molecule has 3 rings (SSSR count). The molecule has 0 aliphatic heterocycles. The van der Waals surface area contributed by atoms with Crippen LogP contribution >= 0.6 is 11.6 Å². The molecule has 6 heteroatoms. The second-order valence-electron chi connectivity index (χ2n) is 5.50. The van der Waals surface area contributed by atoms with E-state index in [2.05, 4.69) is 20.6 Å². The second kappa shape index (κ2) is 8.46. The third kappa shape index (κ3) is 4.92. The molecular weight excluding hydrogens is 336 g/mol. The quantitative estimate of drug-likeness (QED) is 0.551. The number of nitrogens with zero attached hydrogens (tertiary/aromatic N) is 2. The average molecular weight is 355 g/mol. The SMILES string of the molecule is OCCCNc1cc(-c2ccnc(Nc3cccc(Cl)c3)c2)ccn1. The van der Waals surface area contributed by atoms with Crippen molar-refractivity contribution in [2.75, 3.05) is 23.8 Å². The number of rotatable bonds is 7. The highest BCUT2D eigenvalue weighted by Crippen LogP contribution is 2.25. The third-order valence-electron chi connectivity index (χ3n) is 3.59. The first-order valence-corrected chi connectivity index (χ1v) is 8.42. The summed E-state index contributed by atoms with van der Waals surface area (Å²) in [4.78, 5) is 8.66. The van der Waals surface area contributed by atoms with Crippen molar-refractivity contribution >= 4 is 28.9 Å². The molecule has 0 saturated heterocycles. The Labute approximate surface area is 151 Å². The Kier molecular flexibility index (Phi) is 5.82. The van der Waals surface area contributed by atoms with E-state index in [1.54, 1.807) is 12.4 Å². The smallest absolute Gasteiger partial charge is 0.130 e. The van der Waals surface area contributed by atoms with Crippen LogP contribution in [0.4, 0.5) is 17.3 Å². The molecule has 128 valence electrons. The number of benzene rings is 1. The molecule has 0 spiro atoms. The zero-order valence-corrected chi connectivity index (χ0v) is 14.4. The first-order chi connectivity index (χ1) is 12.2. The van der Waals surface area contributed by atoms with Crippen LogP contribution in [0, 0.1) is 0 Å². The summed E-state index contributed by atoms with van der Waals surface area (Å²) in [5, 5.41) is 16.0. The highest BCUT2D eigenvalue weighted by Gasteiger charge is 2.03. The van der Waals surface area contributed by atoms with E-state index in [0.717, 1.165) is 28.5 Å². The van der Waals surface area contributed by atoms with Gasteiger partial charge in [0.25, 0.3) is 0 Å². The fourth-order valence-electron chi connectivity index (χ4n) is 2.39. The number of aliphatic hydroxyl groups is 1. The number of hydrogen-bond donors (Lipinski definition) is 3. The van der Waals surface area contributed by atoms with E-state index in [-0.39, 0.29) is 6.61 Å². The van der Waals surface area contributed by atoms with Crippen LogP contribution in [-0.4, -0.2) is 28.2 Å². The predicted octanol–water partition coefficient (Wildman–Crippen LogP) is 4.33. The minimum absolute atomic E-state index is 0.162. The molecule has 5 nitrogen and oxygen atoms in total. The number of aromatic nitrogens is 2. The van der Waals surface area contributed by atoms with Crippen LogP contribution in [0.5, 0.6) is 0 Å². The maximum Gasteiger partial charge on any atom is 0.130 e. The summed E-state index contributed by atoms with van der Waals surface area (Å²) in [6.45, 7) is 0.848. The number of nitrogens with one attached hydrogen (secondary N) is 2. The van der Waals surface area contributed by atoms with Crippen LogP contribution in [0.2, 0.25) is 5.02 Å². The standard InChI is InChI=1S/C19H19ClN4O/c20-16-3-1-4-17(13-16)24-19-12-15(6-9-23-19)14-5-8-22-18(11-14)21-7-2-10-25/h1,3-6,8-9,11-13,25H,2,7,10H2,(H,21,22)(H,23,24). The lowest BCUT2D eigenvalue weighted by Crippen LogP contribution is -2.04. The van der Waals surface area contributed by atoms with E-state index >= 15 is 0 Å². The largest absolute Gasteiger partial charge is 0.396 e. The summed E-state index contributed by atoms with van der Waals surface area (Å²) in [5.74, 6) is 1.53. The number of anilines is 3. The Morgan fingerprint density at radius 2 is 1.64 bits per heavy atom. The second-order valence-corrected chi connectivity index (χ2v) is 5.94. The molecule has 0 aliphatic carbocycles. The third-order valence-corrected chi connectivity index (χ3v) is 3.83. The molecule has 0 atom stereocenters. The maximum absolute atomic E-state index is 8.86. The van der Waals surface area contributed by atoms with Gasteiger partial charge in [0.15, 0.2) is 0 Å². The van der Waals surface area contributed by atoms with Crippen LogP contribution < -0.4 is 10.6 Å². The monoisotopic (exact) mass is 354 g/mol. The fraction of sp³-hybridized carbons (Fsp3) is 0.158. The molecule has 3 N–H and O–H groups in total. The lowest BCUT2D eigenvalue weighted by Gasteiger charge is -2.09. The highest BCUT2D eigenvalue weighted by molar-refractivity contribution is 6.30. The molecule has 1 aromatic carbocycles. The van der Waals surface area contributed by atoms with Gasteiger partial charge in [0.05, 0.1) is 0 Å². The molecule has 0 saturated carbocycles. The van der Waals surface area contributed by atoms with E-state index < -0.39 is 0 Å². The number of hydrogen-bond acceptors (Lipinski definition) is 5. The van der Waals surface area contributed by atoms with Crippen LogP contribution in [0.3, 0.4) is 0 Å². The van der Waals surface area contributed by atoms with Crippen molar-refractivity contribution in [3.8, 4) is 11.1 Å². The van der Waals surface area contributed by atoms with E-state index in [9.17, 15) is 0 Å². The van der Waals surface area contributed by atoms with Crippen molar-refractivity contribution in [1.29, 1.82) is 0 Å². The van der Waals surface area contributed by atoms with Gasteiger partial charge in [-0.3, -0.25) is 0 Å². The molecular formula is C19H19ClN4O. The zero-order valence-electron chi connectivity index (χ0n) is 13.6. The normalized spacial score (nSPS) is 10.5. The van der Waals surface area contributed by atoms with Crippen molar-refractivity contribution < 1.29 is 5.11 Å². The van der Waals surface area contributed by atoms with E-state index in [1.807, 2.05) is 48.5 Å². The van der Waals surface area contributed by atoms with Gasteiger partial charge in [-0.1, -0.05) is 17.7 Å². The Bertz CT molecular complexity index is 841. The first-order valence-electron chi connectivity index (χ1n) is 8.04. The van der Waals surface area contributed by atoms with Crippen molar-refractivity contribution in [3.63, 3.8) is 0 Å². The number of pyridine rings is 2. The minimum atomic E-state index is 0.162. The maximum atomic E-state index is 8.86. The summed E-state index contributed by atoms with van der Waals surface area (Å²) in [5.41, 5.74) is 2.96. The average Bonchev–Trinajstić information content (AvgIpc) is 2.63. The van der Waals surface area contributed by atoms with Crippen molar-refractivity contribution in [2.24, 2.45) is 0 Å². The van der Waals surface area contributed by atoms with Crippen molar-refractivity contribution in [2.45, 2.75) is 6.42 Å². The first kappa shape index (κ1) is 17.2. The van der Waals surface area contributed by atoms with E-state index in [1.165, 1.54) is 0 Å². The Morgan fingerprint density at radius 3 is 2.36 bits per heavy atom. The predicted molar refractivity (Wildman–Crippen MR) is 102 cm³/mol. The Balaban J connectivity index is 1.78. The Morgan fingerprint density at radius 1 is 0.920 bits per heavy atom. The van der Waals surface area contributed by atoms with Gasteiger partial charge in [-0.05, 0) is 60.0 Å². The molecule has 3 aromatic rings. The lowest BCUT2D eigenvalue weighted by molar-refractivity contribution is 0.292. The van der Waals surface area contributed by atoms with Crippen LogP contribution in [-0.2, 0) is 0 Å². The van der Waals surface area contributed by atoms with Crippen LogP contribution in [0.15, 0.2) is 60.9 Å². The topological polar surface area (TPSA) is 70.1 Å². The summed E-state index contributed by atoms with van der Waals surface area (Å²) >= 11 is 6.02. The molecule has 2 aromatic heterocycles. The van der Waals surface area contributed by atoms with E-state index in [4.69, 9.17) is 16.7 Å². The summed E-state index contributed by atoms with van der Waals surface area (Å²) in [7, 11) is 0.